The van der Waals surface area contributed by atoms with Crippen LogP contribution in [-0.2, 0) is 0 Å². The molecule has 1 saturated heterocycles. The van der Waals surface area contributed by atoms with Crippen LogP contribution in [0.1, 0.15) is 37.1 Å². The van der Waals surface area contributed by atoms with Gasteiger partial charge in [-0.05, 0) is 43.7 Å². The summed E-state index contributed by atoms with van der Waals surface area (Å²) in [5, 5.41) is 9.67. The van der Waals surface area contributed by atoms with Crippen LogP contribution in [0.3, 0.4) is 0 Å². The number of aliphatic hydroxyl groups excluding tert-OH is 1. The highest BCUT2D eigenvalue weighted by Crippen LogP contribution is 2.23. The molecule has 1 fully saturated rings. The van der Waals surface area contributed by atoms with Gasteiger partial charge in [-0.2, -0.15) is 0 Å². The second kappa shape index (κ2) is 7.01. The van der Waals surface area contributed by atoms with Crippen LogP contribution in [0.2, 0.25) is 0 Å². The summed E-state index contributed by atoms with van der Waals surface area (Å²) < 4.78 is 6.10. The number of nitrogens with zero attached hydrogens (tertiary/aromatic N) is 2. The van der Waals surface area contributed by atoms with Crippen molar-refractivity contribution in [3.63, 3.8) is 0 Å². The van der Waals surface area contributed by atoms with Crippen LogP contribution in [-0.4, -0.2) is 29.3 Å². The lowest BCUT2D eigenvalue weighted by Crippen LogP contribution is -2.38. The Labute approximate surface area is 137 Å². The van der Waals surface area contributed by atoms with Gasteiger partial charge in [-0.1, -0.05) is 18.2 Å². The van der Waals surface area contributed by atoms with Crippen LogP contribution in [0.15, 0.2) is 42.5 Å². The van der Waals surface area contributed by atoms with Crippen LogP contribution in [0, 0.1) is 6.92 Å². The van der Waals surface area contributed by atoms with Gasteiger partial charge < -0.3 is 14.7 Å². The summed E-state index contributed by atoms with van der Waals surface area (Å²) in [5.41, 5.74) is 1.94. The maximum atomic E-state index is 9.67. The van der Waals surface area contributed by atoms with Gasteiger partial charge in [0.25, 0.3) is 0 Å². The molecule has 1 unspecified atom stereocenters. The lowest BCUT2D eigenvalue weighted by Gasteiger charge is -2.33. The quantitative estimate of drug-likeness (QED) is 0.938. The van der Waals surface area contributed by atoms with Crippen molar-refractivity contribution in [2.45, 2.75) is 38.9 Å². The van der Waals surface area contributed by atoms with Crippen LogP contribution in [0.25, 0.3) is 0 Å². The number of hydrogen-bond donors (Lipinski definition) is 1. The number of rotatable bonds is 4. The third-order valence-corrected chi connectivity index (χ3v) is 4.24. The molecule has 0 saturated carbocycles. The van der Waals surface area contributed by atoms with Crippen LogP contribution in [0.4, 0.5) is 5.82 Å². The fraction of sp³-hybridized carbons (Fsp3) is 0.421. The van der Waals surface area contributed by atoms with Crippen molar-refractivity contribution >= 4 is 5.82 Å². The third-order valence-electron chi connectivity index (χ3n) is 4.24. The number of aromatic nitrogens is 1. The first-order chi connectivity index (χ1) is 11.1. The number of pyridine rings is 1. The highest BCUT2D eigenvalue weighted by molar-refractivity contribution is 5.40. The Balaban J connectivity index is 1.59. The fourth-order valence-electron chi connectivity index (χ4n) is 2.93. The summed E-state index contributed by atoms with van der Waals surface area (Å²) in [7, 11) is 0. The minimum Gasteiger partial charge on any atom is -0.490 e. The highest BCUT2D eigenvalue weighted by atomic mass is 16.5. The Kier molecular flexibility index (Phi) is 4.82. The molecule has 4 heteroatoms. The number of anilines is 1. The smallest absolute Gasteiger partial charge is 0.128 e. The molecular formula is C19H24N2O2. The van der Waals surface area contributed by atoms with E-state index >= 15 is 0 Å². The van der Waals surface area contributed by atoms with Crippen molar-refractivity contribution in [1.82, 2.24) is 4.98 Å². The molecule has 0 bridgehead atoms. The molecule has 2 aromatic rings. The molecule has 23 heavy (non-hydrogen) atoms. The van der Waals surface area contributed by atoms with Crippen molar-refractivity contribution in [2.75, 3.05) is 18.0 Å². The SMILES string of the molecule is Cc1cccc(OC2CCN(c3cccc(C(C)O)n3)CC2)c1. The largest absolute Gasteiger partial charge is 0.490 e. The van der Waals surface area contributed by atoms with Crippen molar-refractivity contribution in [3.05, 3.63) is 53.7 Å². The number of ether oxygens (including phenoxy) is 1. The topological polar surface area (TPSA) is 45.6 Å². The minimum absolute atomic E-state index is 0.257. The van der Waals surface area contributed by atoms with Gasteiger partial charge in [0, 0.05) is 25.9 Å². The van der Waals surface area contributed by atoms with Crippen LogP contribution >= 0.6 is 0 Å². The van der Waals surface area contributed by atoms with E-state index in [1.54, 1.807) is 6.92 Å². The van der Waals surface area contributed by atoms with Crippen molar-refractivity contribution in [2.24, 2.45) is 0 Å². The van der Waals surface area contributed by atoms with Gasteiger partial charge in [0.1, 0.15) is 17.7 Å². The molecular weight excluding hydrogens is 288 g/mol. The van der Waals surface area contributed by atoms with Crippen molar-refractivity contribution in [3.8, 4) is 5.75 Å². The summed E-state index contributed by atoms with van der Waals surface area (Å²) in [6.45, 7) is 5.67. The first-order valence-corrected chi connectivity index (χ1v) is 8.25. The minimum atomic E-state index is -0.530. The van der Waals surface area contributed by atoms with E-state index in [1.165, 1.54) is 5.56 Å². The zero-order valence-corrected chi connectivity index (χ0v) is 13.8. The monoisotopic (exact) mass is 312 g/mol. The summed E-state index contributed by atoms with van der Waals surface area (Å²) in [4.78, 5) is 6.82. The Morgan fingerprint density at radius 2 is 1.91 bits per heavy atom. The van der Waals surface area contributed by atoms with Crippen LogP contribution in [0.5, 0.6) is 5.75 Å². The van der Waals surface area contributed by atoms with Crippen molar-refractivity contribution < 1.29 is 9.84 Å². The van der Waals surface area contributed by atoms with E-state index in [1.807, 2.05) is 30.3 Å². The lowest BCUT2D eigenvalue weighted by atomic mass is 10.1. The van der Waals surface area contributed by atoms with E-state index in [0.717, 1.165) is 43.2 Å². The molecule has 4 nitrogen and oxygen atoms in total. The van der Waals surface area contributed by atoms with E-state index < -0.39 is 6.10 Å². The first-order valence-electron chi connectivity index (χ1n) is 8.25. The summed E-state index contributed by atoms with van der Waals surface area (Å²) >= 11 is 0. The number of piperidine rings is 1. The van der Waals surface area contributed by atoms with Gasteiger partial charge in [0.05, 0.1) is 11.8 Å². The molecule has 0 radical (unpaired) electrons. The Morgan fingerprint density at radius 3 is 2.61 bits per heavy atom. The molecule has 122 valence electrons. The van der Waals surface area contributed by atoms with E-state index in [2.05, 4.69) is 28.9 Å². The predicted molar refractivity (Wildman–Crippen MR) is 91.9 cm³/mol. The molecule has 3 rings (SSSR count). The predicted octanol–water partition coefficient (Wildman–Crippen LogP) is 3.49. The third kappa shape index (κ3) is 4.02. The summed E-state index contributed by atoms with van der Waals surface area (Å²) in [6, 6.07) is 14.0. The van der Waals surface area contributed by atoms with E-state index in [-0.39, 0.29) is 6.10 Å². The van der Waals surface area contributed by atoms with Crippen LogP contribution < -0.4 is 9.64 Å². The molecule has 1 aromatic carbocycles. The van der Waals surface area contributed by atoms with Gasteiger partial charge in [-0.15, -0.1) is 0 Å². The van der Waals surface area contributed by atoms with Gasteiger partial charge in [-0.3, -0.25) is 0 Å². The average Bonchev–Trinajstić information content (AvgIpc) is 2.56. The van der Waals surface area contributed by atoms with Gasteiger partial charge in [0.2, 0.25) is 0 Å². The highest BCUT2D eigenvalue weighted by Gasteiger charge is 2.21. The molecule has 1 aliphatic rings. The number of aryl methyl sites for hydroxylation is 1. The Morgan fingerprint density at radius 1 is 1.17 bits per heavy atom. The van der Waals surface area contributed by atoms with Gasteiger partial charge >= 0.3 is 0 Å². The lowest BCUT2D eigenvalue weighted by molar-refractivity contribution is 0.170. The molecule has 0 amide bonds. The molecule has 1 aromatic heterocycles. The fourth-order valence-corrected chi connectivity index (χ4v) is 2.93. The maximum Gasteiger partial charge on any atom is 0.128 e. The molecule has 2 heterocycles. The van der Waals surface area contributed by atoms with E-state index in [9.17, 15) is 5.11 Å². The Hall–Kier alpha value is -2.07. The summed E-state index contributed by atoms with van der Waals surface area (Å²) in [6.07, 6.45) is 1.69. The second-order valence-corrected chi connectivity index (χ2v) is 6.22. The summed E-state index contributed by atoms with van der Waals surface area (Å²) in [5.74, 6) is 1.90. The zero-order valence-electron chi connectivity index (χ0n) is 13.8. The Bertz CT molecular complexity index is 649. The first kappa shape index (κ1) is 15.8. The number of hydrogen-bond acceptors (Lipinski definition) is 4. The maximum absolute atomic E-state index is 9.67. The molecule has 1 aliphatic heterocycles. The average molecular weight is 312 g/mol. The van der Waals surface area contributed by atoms with Gasteiger partial charge in [-0.25, -0.2) is 4.98 Å². The molecule has 0 spiro atoms. The van der Waals surface area contributed by atoms with Crippen molar-refractivity contribution in [1.29, 1.82) is 0 Å². The standard InChI is InChI=1S/C19H24N2O2/c1-14-5-3-6-17(13-14)23-16-9-11-21(12-10-16)19-8-4-7-18(20-19)15(2)22/h3-8,13,15-16,22H,9-12H2,1-2H3. The van der Waals surface area contributed by atoms with E-state index in [4.69, 9.17) is 4.74 Å². The molecule has 0 aliphatic carbocycles. The molecule has 1 atom stereocenters. The van der Waals surface area contributed by atoms with E-state index in [0.29, 0.717) is 0 Å². The molecule has 1 N–H and O–H groups in total. The second-order valence-electron chi connectivity index (χ2n) is 6.22. The number of aliphatic hydroxyl groups is 1. The zero-order chi connectivity index (χ0) is 16.2. The van der Waals surface area contributed by atoms with Gasteiger partial charge in [0.15, 0.2) is 0 Å². The number of benzene rings is 1. The normalized spacial score (nSPS) is 17.1.